The predicted molar refractivity (Wildman–Crippen MR) is 71.8 cm³/mol. The summed E-state index contributed by atoms with van der Waals surface area (Å²) in [5.74, 6) is -0.833. The molecule has 0 bridgehead atoms. The van der Waals surface area contributed by atoms with E-state index in [4.69, 9.17) is 20.5 Å². The number of rotatable bonds is 5. The van der Waals surface area contributed by atoms with Gasteiger partial charge in [0, 0.05) is 17.7 Å². The molecule has 8 nitrogen and oxygen atoms in total. The van der Waals surface area contributed by atoms with Gasteiger partial charge in [-0.05, 0) is 18.2 Å². The number of carboxylic acids is 1. The second kappa shape index (κ2) is 5.70. The second-order valence-electron chi connectivity index (χ2n) is 4.05. The van der Waals surface area contributed by atoms with Crippen LogP contribution in [0.5, 0.6) is 5.75 Å². The highest BCUT2D eigenvalue weighted by atomic mass is 35.7. The minimum atomic E-state index is -4.01. The Hall–Kier alpha value is -2.13. The summed E-state index contributed by atoms with van der Waals surface area (Å²) in [7, 11) is 2.88. The van der Waals surface area contributed by atoms with Crippen molar-refractivity contribution in [1.82, 2.24) is 14.8 Å². The lowest BCUT2D eigenvalue weighted by Gasteiger charge is -2.09. The maximum atomic E-state index is 11.2. The molecule has 0 aliphatic heterocycles. The Morgan fingerprint density at radius 2 is 2.19 bits per heavy atom. The van der Waals surface area contributed by atoms with Crippen molar-refractivity contribution in [3.8, 4) is 5.75 Å². The average molecular weight is 332 g/mol. The van der Waals surface area contributed by atoms with E-state index in [1.807, 2.05) is 0 Å². The van der Waals surface area contributed by atoms with E-state index in [9.17, 15) is 13.2 Å². The normalized spacial score (nSPS) is 11.3. The van der Waals surface area contributed by atoms with Crippen LogP contribution in [0, 0.1) is 0 Å². The monoisotopic (exact) mass is 331 g/mol. The van der Waals surface area contributed by atoms with Gasteiger partial charge in [0.15, 0.2) is 5.82 Å². The van der Waals surface area contributed by atoms with Crippen LogP contribution in [0.1, 0.15) is 16.2 Å². The van der Waals surface area contributed by atoms with Crippen molar-refractivity contribution in [2.45, 2.75) is 11.5 Å². The molecule has 0 atom stereocenters. The fourth-order valence-corrected chi connectivity index (χ4v) is 2.31. The molecule has 0 saturated heterocycles. The zero-order valence-corrected chi connectivity index (χ0v) is 12.3. The smallest absolute Gasteiger partial charge is 0.339 e. The predicted octanol–water partition coefficient (Wildman–Crippen LogP) is 1.02. The molecule has 0 amide bonds. The van der Waals surface area contributed by atoms with Gasteiger partial charge < -0.3 is 14.4 Å². The first-order valence-electron chi connectivity index (χ1n) is 5.56. The Morgan fingerprint density at radius 1 is 1.48 bits per heavy atom. The Bertz CT molecular complexity index is 787. The summed E-state index contributed by atoms with van der Waals surface area (Å²) < 4.78 is 29.4. The van der Waals surface area contributed by atoms with E-state index in [2.05, 4.69) is 10.2 Å². The van der Waals surface area contributed by atoms with Crippen LogP contribution < -0.4 is 4.74 Å². The largest absolute Gasteiger partial charge is 0.485 e. The molecule has 2 rings (SSSR count). The van der Waals surface area contributed by atoms with E-state index >= 15 is 0 Å². The summed E-state index contributed by atoms with van der Waals surface area (Å²) in [6.07, 6.45) is 1.47. The topological polar surface area (TPSA) is 111 Å². The SMILES string of the molecule is Cn1cnnc1COc1ccc(S(=O)(=O)Cl)cc1C(=O)O. The Morgan fingerprint density at radius 3 is 2.71 bits per heavy atom. The van der Waals surface area contributed by atoms with Gasteiger partial charge in [-0.1, -0.05) is 0 Å². The third kappa shape index (κ3) is 3.50. The number of aryl methyl sites for hydroxylation is 1. The van der Waals surface area contributed by atoms with Gasteiger partial charge in [-0.15, -0.1) is 10.2 Å². The van der Waals surface area contributed by atoms with E-state index in [1.165, 1.54) is 18.5 Å². The van der Waals surface area contributed by atoms with Gasteiger partial charge in [-0.3, -0.25) is 0 Å². The van der Waals surface area contributed by atoms with E-state index < -0.39 is 15.0 Å². The highest BCUT2D eigenvalue weighted by Crippen LogP contribution is 2.25. The minimum Gasteiger partial charge on any atom is -0.485 e. The molecule has 1 aromatic heterocycles. The van der Waals surface area contributed by atoms with Gasteiger partial charge in [0.25, 0.3) is 9.05 Å². The van der Waals surface area contributed by atoms with Crippen molar-refractivity contribution in [1.29, 1.82) is 0 Å². The van der Waals surface area contributed by atoms with Crippen molar-refractivity contribution >= 4 is 25.7 Å². The third-order valence-corrected chi connectivity index (χ3v) is 3.98. The van der Waals surface area contributed by atoms with Gasteiger partial charge in [0.1, 0.15) is 24.2 Å². The number of benzene rings is 1. The van der Waals surface area contributed by atoms with Crippen LogP contribution in [-0.2, 0) is 22.7 Å². The fourth-order valence-electron chi connectivity index (χ4n) is 1.53. The lowest BCUT2D eigenvalue weighted by atomic mass is 10.2. The van der Waals surface area contributed by atoms with E-state index in [1.54, 1.807) is 11.6 Å². The van der Waals surface area contributed by atoms with E-state index in [0.717, 1.165) is 6.07 Å². The zero-order valence-electron chi connectivity index (χ0n) is 10.7. The molecular weight excluding hydrogens is 322 g/mol. The van der Waals surface area contributed by atoms with Crippen LogP contribution in [0.25, 0.3) is 0 Å². The molecule has 0 aliphatic rings. The molecule has 0 aliphatic carbocycles. The summed E-state index contributed by atoms with van der Waals surface area (Å²) in [4.78, 5) is 10.9. The van der Waals surface area contributed by atoms with Gasteiger partial charge in [-0.25, -0.2) is 13.2 Å². The van der Waals surface area contributed by atoms with Crippen LogP contribution in [0.3, 0.4) is 0 Å². The average Bonchev–Trinajstić information content (AvgIpc) is 2.80. The third-order valence-electron chi connectivity index (χ3n) is 2.62. The van der Waals surface area contributed by atoms with E-state index in [-0.39, 0.29) is 22.8 Å². The van der Waals surface area contributed by atoms with Gasteiger partial charge in [0.05, 0.1) is 4.90 Å². The molecule has 10 heteroatoms. The van der Waals surface area contributed by atoms with Gasteiger partial charge >= 0.3 is 5.97 Å². The quantitative estimate of drug-likeness (QED) is 0.814. The maximum absolute atomic E-state index is 11.2. The van der Waals surface area contributed by atoms with Crippen LogP contribution in [-0.4, -0.2) is 34.3 Å². The van der Waals surface area contributed by atoms with Crippen molar-refractivity contribution in [3.63, 3.8) is 0 Å². The van der Waals surface area contributed by atoms with Gasteiger partial charge in [-0.2, -0.15) is 0 Å². The van der Waals surface area contributed by atoms with E-state index in [0.29, 0.717) is 5.82 Å². The Kier molecular flexibility index (Phi) is 4.14. The summed E-state index contributed by atoms with van der Waals surface area (Å²) in [6.45, 7) is -0.0102. The molecule has 0 unspecified atom stereocenters. The lowest BCUT2D eigenvalue weighted by molar-refractivity contribution is 0.0691. The van der Waals surface area contributed by atoms with Gasteiger partial charge in [0.2, 0.25) is 0 Å². The first-order valence-corrected chi connectivity index (χ1v) is 7.87. The molecule has 1 aromatic carbocycles. The van der Waals surface area contributed by atoms with Crippen LogP contribution in [0.15, 0.2) is 29.4 Å². The molecule has 1 N–H and O–H groups in total. The lowest BCUT2D eigenvalue weighted by Crippen LogP contribution is -2.07. The molecule has 2 aromatic rings. The number of hydrogen-bond donors (Lipinski definition) is 1. The number of carbonyl (C=O) groups is 1. The number of carboxylic acid groups (broad SMARTS) is 1. The summed E-state index contributed by atoms with van der Waals surface area (Å²) in [5, 5.41) is 16.6. The number of halogens is 1. The second-order valence-corrected chi connectivity index (χ2v) is 6.61. The number of nitrogens with zero attached hydrogens (tertiary/aromatic N) is 3. The summed E-state index contributed by atoms with van der Waals surface area (Å²) in [6, 6.07) is 3.34. The molecule has 112 valence electrons. The summed E-state index contributed by atoms with van der Waals surface area (Å²) >= 11 is 0. The minimum absolute atomic E-state index is 0.00886. The number of aromatic nitrogens is 3. The molecule has 0 radical (unpaired) electrons. The molecule has 21 heavy (non-hydrogen) atoms. The highest BCUT2D eigenvalue weighted by molar-refractivity contribution is 8.13. The van der Waals surface area contributed by atoms with Crippen LogP contribution >= 0.6 is 10.7 Å². The Balaban J connectivity index is 2.31. The van der Waals surface area contributed by atoms with Crippen molar-refractivity contribution in [2.75, 3.05) is 0 Å². The zero-order chi connectivity index (χ0) is 15.6. The number of aromatic carboxylic acids is 1. The van der Waals surface area contributed by atoms with Crippen LogP contribution in [0.4, 0.5) is 0 Å². The Labute approximate surface area is 124 Å². The molecule has 0 spiro atoms. The van der Waals surface area contributed by atoms with Crippen molar-refractivity contribution in [3.05, 3.63) is 35.9 Å². The highest BCUT2D eigenvalue weighted by Gasteiger charge is 2.18. The summed E-state index contributed by atoms with van der Waals surface area (Å²) in [5.41, 5.74) is -0.307. The standard InChI is InChI=1S/C11H10ClN3O5S/c1-15-6-13-14-10(15)5-20-9-3-2-7(21(12,18)19)4-8(9)11(16)17/h2-4,6H,5H2,1H3,(H,16,17). The first kappa shape index (κ1) is 15.3. The van der Waals surface area contributed by atoms with Crippen molar-refractivity contribution < 1.29 is 23.1 Å². The molecular formula is C11H10ClN3O5S. The van der Waals surface area contributed by atoms with Crippen molar-refractivity contribution in [2.24, 2.45) is 7.05 Å². The number of ether oxygens (including phenoxy) is 1. The maximum Gasteiger partial charge on any atom is 0.339 e. The molecule has 0 fully saturated rings. The number of hydrogen-bond acceptors (Lipinski definition) is 6. The first-order chi connectivity index (χ1) is 9.79. The van der Waals surface area contributed by atoms with Crippen LogP contribution in [0.2, 0.25) is 0 Å². The molecule has 0 saturated carbocycles. The fraction of sp³-hybridized carbons (Fsp3) is 0.182. The molecule has 1 heterocycles.